The van der Waals surface area contributed by atoms with Gasteiger partial charge in [-0.1, -0.05) is 32.1 Å². The van der Waals surface area contributed by atoms with Crippen LogP contribution in [-0.4, -0.2) is 23.3 Å². The molecule has 1 aliphatic rings. The van der Waals surface area contributed by atoms with E-state index in [4.69, 9.17) is 6.42 Å². The number of likely N-dealkylation sites (tertiary alicyclic amines) is 1. The van der Waals surface area contributed by atoms with Gasteiger partial charge in [0, 0.05) is 12.3 Å². The summed E-state index contributed by atoms with van der Waals surface area (Å²) in [6, 6.07) is 0. The predicted octanol–water partition coefficient (Wildman–Crippen LogP) is 1.57. The molecular weight excluding hydrogens is 190 g/mol. The van der Waals surface area contributed by atoms with Crippen molar-refractivity contribution in [1.29, 1.82) is 0 Å². The van der Waals surface area contributed by atoms with E-state index in [0.29, 0.717) is 6.42 Å². The Bertz CT molecular complexity index is 290. The summed E-state index contributed by atoms with van der Waals surface area (Å²) >= 11 is 0. The average molecular weight is 207 g/mol. The molecule has 82 valence electrons. The van der Waals surface area contributed by atoms with Crippen LogP contribution in [-0.2, 0) is 9.59 Å². The minimum Gasteiger partial charge on any atom is -0.274 e. The first-order chi connectivity index (χ1) is 7.20. The van der Waals surface area contributed by atoms with Crippen molar-refractivity contribution >= 4 is 11.8 Å². The zero-order valence-electron chi connectivity index (χ0n) is 9.16. The summed E-state index contributed by atoms with van der Waals surface area (Å²) in [5, 5.41) is 0. The van der Waals surface area contributed by atoms with Gasteiger partial charge < -0.3 is 0 Å². The van der Waals surface area contributed by atoms with Gasteiger partial charge in [0.2, 0.25) is 11.8 Å². The molecule has 1 fully saturated rings. The maximum atomic E-state index is 11.7. The molecular formula is C12H17NO2. The molecule has 1 atom stereocenters. The molecule has 1 unspecified atom stereocenters. The van der Waals surface area contributed by atoms with Crippen LogP contribution in [0.5, 0.6) is 0 Å². The van der Waals surface area contributed by atoms with E-state index in [1.165, 1.54) is 4.90 Å². The molecule has 0 N–H and O–H groups in total. The number of hydrogen-bond donors (Lipinski definition) is 0. The summed E-state index contributed by atoms with van der Waals surface area (Å²) in [6.45, 7) is 2.24. The van der Waals surface area contributed by atoms with Crippen molar-refractivity contribution in [2.75, 3.05) is 6.54 Å². The van der Waals surface area contributed by atoms with Crippen LogP contribution in [0.2, 0.25) is 0 Å². The zero-order chi connectivity index (χ0) is 11.3. The number of amides is 2. The number of hydrogen-bond acceptors (Lipinski definition) is 2. The Morgan fingerprint density at radius 1 is 1.47 bits per heavy atom. The first-order valence-corrected chi connectivity index (χ1v) is 5.48. The zero-order valence-corrected chi connectivity index (χ0v) is 9.16. The molecule has 2 amide bonds. The molecule has 1 heterocycles. The number of rotatable bonds is 5. The largest absolute Gasteiger partial charge is 0.274 e. The van der Waals surface area contributed by atoms with Gasteiger partial charge in [-0.3, -0.25) is 14.5 Å². The van der Waals surface area contributed by atoms with Gasteiger partial charge in [-0.15, -0.1) is 6.42 Å². The van der Waals surface area contributed by atoms with Crippen LogP contribution >= 0.6 is 0 Å². The van der Waals surface area contributed by atoms with Crippen LogP contribution in [0.1, 0.15) is 39.0 Å². The van der Waals surface area contributed by atoms with E-state index >= 15 is 0 Å². The third-order valence-electron chi connectivity index (χ3n) is 2.74. The molecule has 0 bridgehead atoms. The van der Waals surface area contributed by atoms with E-state index in [1.54, 1.807) is 0 Å². The van der Waals surface area contributed by atoms with Gasteiger partial charge in [0.1, 0.15) is 0 Å². The van der Waals surface area contributed by atoms with E-state index in [2.05, 4.69) is 12.8 Å². The topological polar surface area (TPSA) is 37.4 Å². The summed E-state index contributed by atoms with van der Waals surface area (Å²) in [5.74, 6) is 2.04. The van der Waals surface area contributed by atoms with Crippen LogP contribution in [0.15, 0.2) is 0 Å². The third-order valence-corrected chi connectivity index (χ3v) is 2.74. The smallest absolute Gasteiger partial charge is 0.233 e. The molecule has 1 rings (SSSR count). The Kier molecular flexibility index (Phi) is 4.36. The molecule has 0 aromatic carbocycles. The number of nitrogens with zero attached hydrogens (tertiary/aromatic N) is 1. The Labute approximate surface area is 90.8 Å². The highest BCUT2D eigenvalue weighted by Gasteiger charge is 2.37. The Morgan fingerprint density at radius 3 is 2.80 bits per heavy atom. The van der Waals surface area contributed by atoms with E-state index < -0.39 is 0 Å². The van der Waals surface area contributed by atoms with E-state index in [9.17, 15) is 9.59 Å². The van der Waals surface area contributed by atoms with Crippen molar-refractivity contribution < 1.29 is 9.59 Å². The highest BCUT2D eigenvalue weighted by atomic mass is 16.2. The molecule has 0 spiro atoms. The molecule has 0 aliphatic carbocycles. The van der Waals surface area contributed by atoms with E-state index in [0.717, 1.165) is 25.7 Å². The number of unbranched alkanes of at least 4 members (excludes halogenated alkanes) is 2. The number of imide groups is 1. The summed E-state index contributed by atoms with van der Waals surface area (Å²) in [7, 11) is 0. The monoisotopic (exact) mass is 207 g/mol. The van der Waals surface area contributed by atoms with Crippen molar-refractivity contribution in [3.8, 4) is 12.3 Å². The molecule has 0 radical (unpaired) electrons. The lowest BCUT2D eigenvalue weighted by molar-refractivity contribution is -0.138. The minimum atomic E-state index is -0.114. The fraction of sp³-hybridized carbons (Fsp3) is 0.667. The van der Waals surface area contributed by atoms with Crippen LogP contribution in [0.25, 0.3) is 0 Å². The third kappa shape index (κ3) is 2.82. The average Bonchev–Trinajstić information content (AvgIpc) is 2.47. The van der Waals surface area contributed by atoms with Gasteiger partial charge in [0.25, 0.3) is 0 Å². The first kappa shape index (κ1) is 11.8. The molecule has 0 aromatic heterocycles. The summed E-state index contributed by atoms with van der Waals surface area (Å²) in [5.41, 5.74) is 0. The normalized spacial score (nSPS) is 20.8. The van der Waals surface area contributed by atoms with Crippen molar-refractivity contribution in [3.05, 3.63) is 0 Å². The molecule has 1 aliphatic heterocycles. The number of terminal acetylenes is 1. The van der Waals surface area contributed by atoms with E-state index in [-0.39, 0.29) is 24.3 Å². The standard InChI is InChI=1S/C12H17NO2/c1-3-5-6-7-10-9-11(14)13(8-4-2)12(10)15/h2,10H,3,5-9H2,1H3. The van der Waals surface area contributed by atoms with Crippen LogP contribution < -0.4 is 0 Å². The summed E-state index contributed by atoms with van der Waals surface area (Å²) < 4.78 is 0. The summed E-state index contributed by atoms with van der Waals surface area (Å²) in [4.78, 5) is 24.3. The van der Waals surface area contributed by atoms with Gasteiger partial charge in [-0.2, -0.15) is 0 Å². The molecule has 3 nitrogen and oxygen atoms in total. The fourth-order valence-electron chi connectivity index (χ4n) is 1.88. The SMILES string of the molecule is C#CCN1C(=O)CC(CCCCC)C1=O. The Balaban J connectivity index is 2.46. The summed E-state index contributed by atoms with van der Waals surface area (Å²) in [6.07, 6.45) is 9.54. The second-order valence-electron chi connectivity index (χ2n) is 3.92. The second kappa shape index (κ2) is 5.55. The molecule has 1 saturated heterocycles. The predicted molar refractivity (Wildman–Crippen MR) is 57.8 cm³/mol. The minimum absolute atomic E-state index is 0.0750. The molecule has 0 saturated carbocycles. The molecule has 15 heavy (non-hydrogen) atoms. The van der Waals surface area contributed by atoms with Crippen molar-refractivity contribution in [1.82, 2.24) is 4.90 Å². The highest BCUT2D eigenvalue weighted by molar-refractivity contribution is 6.03. The maximum Gasteiger partial charge on any atom is 0.233 e. The fourth-order valence-corrected chi connectivity index (χ4v) is 1.88. The highest BCUT2D eigenvalue weighted by Crippen LogP contribution is 2.24. The lowest BCUT2D eigenvalue weighted by atomic mass is 10.00. The Hall–Kier alpha value is -1.30. The maximum absolute atomic E-state index is 11.7. The van der Waals surface area contributed by atoms with Crippen molar-refractivity contribution in [2.45, 2.75) is 39.0 Å². The van der Waals surface area contributed by atoms with Crippen molar-refractivity contribution in [3.63, 3.8) is 0 Å². The van der Waals surface area contributed by atoms with Gasteiger partial charge in [0.05, 0.1) is 6.54 Å². The first-order valence-electron chi connectivity index (χ1n) is 5.48. The van der Waals surface area contributed by atoms with Gasteiger partial charge >= 0.3 is 0 Å². The Morgan fingerprint density at radius 2 is 2.20 bits per heavy atom. The van der Waals surface area contributed by atoms with Gasteiger partial charge in [-0.25, -0.2) is 0 Å². The molecule has 3 heteroatoms. The van der Waals surface area contributed by atoms with Crippen LogP contribution in [0.4, 0.5) is 0 Å². The van der Waals surface area contributed by atoms with E-state index in [1.807, 2.05) is 0 Å². The number of carbonyl (C=O) groups is 2. The lowest BCUT2D eigenvalue weighted by Crippen LogP contribution is -2.30. The number of carbonyl (C=O) groups excluding carboxylic acids is 2. The van der Waals surface area contributed by atoms with Crippen LogP contribution in [0, 0.1) is 18.3 Å². The lowest BCUT2D eigenvalue weighted by Gasteiger charge is -2.10. The molecule has 0 aromatic rings. The van der Waals surface area contributed by atoms with Gasteiger partial charge in [-0.05, 0) is 6.42 Å². The van der Waals surface area contributed by atoms with Crippen molar-refractivity contribution in [2.24, 2.45) is 5.92 Å². The van der Waals surface area contributed by atoms with Gasteiger partial charge in [0.15, 0.2) is 0 Å². The van der Waals surface area contributed by atoms with Crippen LogP contribution in [0.3, 0.4) is 0 Å². The quantitative estimate of drug-likeness (QED) is 0.390. The second-order valence-corrected chi connectivity index (χ2v) is 3.92.